The smallest absolute Gasteiger partial charge is 0.272 e. The summed E-state index contributed by atoms with van der Waals surface area (Å²) in [6.45, 7) is 0. The van der Waals surface area contributed by atoms with Crippen LogP contribution in [-0.4, -0.2) is 37.7 Å². The number of halogens is 1. The number of ether oxygens (including phenoxy) is 2. The lowest BCUT2D eigenvalue weighted by Gasteiger charge is -2.13. The molecule has 0 radical (unpaired) electrons. The Balaban J connectivity index is 1.46. The van der Waals surface area contributed by atoms with Gasteiger partial charge in [-0.25, -0.2) is 0 Å². The van der Waals surface area contributed by atoms with E-state index in [1.54, 1.807) is 84.9 Å². The molecule has 214 valence electrons. The number of anilines is 2. The minimum Gasteiger partial charge on any atom is -0.496 e. The Bertz CT molecular complexity index is 1610. The molecule has 0 unspecified atom stereocenters. The Kier molecular flexibility index (Phi) is 10.6. The summed E-state index contributed by atoms with van der Waals surface area (Å²) >= 11 is 7.44. The first-order valence-corrected chi connectivity index (χ1v) is 14.1. The van der Waals surface area contributed by atoms with Crippen molar-refractivity contribution in [1.29, 1.82) is 0 Å². The molecule has 10 heteroatoms. The van der Waals surface area contributed by atoms with Gasteiger partial charge in [0.15, 0.2) is 0 Å². The SMILES string of the molecule is COc1ccc(NC(=O)CSc2cccc(NC(=O)/C(=C\c3ccccc3OC)NC(=O)c3ccccc3)c2)cc1Cl. The van der Waals surface area contributed by atoms with E-state index in [0.717, 1.165) is 4.90 Å². The molecule has 0 atom stereocenters. The van der Waals surface area contributed by atoms with Crippen molar-refractivity contribution in [2.24, 2.45) is 0 Å². The fourth-order valence-electron chi connectivity index (χ4n) is 3.84. The van der Waals surface area contributed by atoms with E-state index in [4.69, 9.17) is 21.1 Å². The van der Waals surface area contributed by atoms with Gasteiger partial charge < -0.3 is 25.4 Å². The van der Waals surface area contributed by atoms with Crippen LogP contribution < -0.4 is 25.4 Å². The lowest BCUT2D eigenvalue weighted by atomic mass is 10.1. The number of benzene rings is 4. The number of para-hydroxylation sites is 1. The van der Waals surface area contributed by atoms with Gasteiger partial charge in [0, 0.05) is 27.4 Å². The Morgan fingerprint density at radius 2 is 1.50 bits per heavy atom. The zero-order valence-corrected chi connectivity index (χ0v) is 24.4. The monoisotopic (exact) mass is 601 g/mol. The van der Waals surface area contributed by atoms with Crippen LogP contribution in [0.5, 0.6) is 11.5 Å². The molecule has 4 aromatic carbocycles. The number of nitrogens with one attached hydrogen (secondary N) is 3. The van der Waals surface area contributed by atoms with Gasteiger partial charge in [0.25, 0.3) is 11.8 Å². The summed E-state index contributed by atoms with van der Waals surface area (Å²) in [6, 6.07) is 27.9. The number of hydrogen-bond donors (Lipinski definition) is 3. The van der Waals surface area contributed by atoms with Crippen LogP contribution in [0.1, 0.15) is 15.9 Å². The standard InChI is InChI=1S/C32H28ClN3O5S/c1-40-28-14-7-6-11-22(28)17-27(36-31(38)21-9-4-3-5-10-21)32(39)35-23-12-8-13-25(18-23)42-20-30(37)34-24-15-16-29(41-2)26(33)19-24/h3-19H,20H2,1-2H3,(H,34,37)(H,35,39)(H,36,38)/b27-17+. The minimum absolute atomic E-state index is 0.0314. The van der Waals surface area contributed by atoms with E-state index >= 15 is 0 Å². The maximum absolute atomic E-state index is 13.4. The highest BCUT2D eigenvalue weighted by molar-refractivity contribution is 8.00. The van der Waals surface area contributed by atoms with Crippen molar-refractivity contribution in [3.05, 3.63) is 119 Å². The molecule has 4 rings (SSSR count). The molecule has 0 aliphatic carbocycles. The molecular weight excluding hydrogens is 574 g/mol. The third-order valence-corrected chi connectivity index (χ3v) is 7.15. The van der Waals surface area contributed by atoms with Gasteiger partial charge in [0.1, 0.15) is 17.2 Å². The first-order valence-electron chi connectivity index (χ1n) is 12.7. The lowest BCUT2D eigenvalue weighted by molar-refractivity contribution is -0.114. The van der Waals surface area contributed by atoms with Gasteiger partial charge in [-0.3, -0.25) is 14.4 Å². The molecule has 3 N–H and O–H groups in total. The van der Waals surface area contributed by atoms with Crippen LogP contribution in [0.4, 0.5) is 11.4 Å². The number of methoxy groups -OCH3 is 2. The first-order chi connectivity index (χ1) is 20.4. The Hall–Kier alpha value is -4.73. The van der Waals surface area contributed by atoms with E-state index in [2.05, 4.69) is 16.0 Å². The van der Waals surface area contributed by atoms with Crippen LogP contribution >= 0.6 is 23.4 Å². The Morgan fingerprint density at radius 1 is 0.786 bits per heavy atom. The topological polar surface area (TPSA) is 106 Å². The molecular formula is C32H28ClN3O5S. The van der Waals surface area contributed by atoms with Gasteiger partial charge in [0.05, 0.1) is 25.0 Å². The maximum Gasteiger partial charge on any atom is 0.272 e. The fourth-order valence-corrected chi connectivity index (χ4v) is 4.85. The van der Waals surface area contributed by atoms with E-state index in [-0.39, 0.29) is 17.4 Å². The fraction of sp³-hybridized carbons (Fsp3) is 0.0938. The van der Waals surface area contributed by atoms with Gasteiger partial charge in [-0.1, -0.05) is 54.1 Å². The molecule has 3 amide bonds. The van der Waals surface area contributed by atoms with E-state index in [9.17, 15) is 14.4 Å². The molecule has 0 bridgehead atoms. The van der Waals surface area contributed by atoms with E-state index in [1.165, 1.54) is 26.0 Å². The molecule has 8 nitrogen and oxygen atoms in total. The number of carbonyl (C=O) groups is 3. The van der Waals surface area contributed by atoms with E-state index < -0.39 is 11.8 Å². The van der Waals surface area contributed by atoms with Crippen LogP contribution in [0.25, 0.3) is 6.08 Å². The van der Waals surface area contributed by atoms with Crippen molar-refractivity contribution in [3.8, 4) is 11.5 Å². The largest absolute Gasteiger partial charge is 0.496 e. The van der Waals surface area contributed by atoms with Crippen molar-refractivity contribution >= 4 is 58.5 Å². The third-order valence-electron chi connectivity index (χ3n) is 5.86. The zero-order valence-electron chi connectivity index (χ0n) is 22.8. The Labute approximate surface area is 253 Å². The normalized spacial score (nSPS) is 10.9. The summed E-state index contributed by atoms with van der Waals surface area (Å²) < 4.78 is 10.5. The molecule has 42 heavy (non-hydrogen) atoms. The van der Waals surface area contributed by atoms with Crippen LogP contribution in [0.2, 0.25) is 5.02 Å². The quantitative estimate of drug-likeness (QED) is 0.134. The molecule has 4 aromatic rings. The summed E-state index contributed by atoms with van der Waals surface area (Å²) in [7, 11) is 3.05. The third kappa shape index (κ3) is 8.39. The van der Waals surface area contributed by atoms with Crippen LogP contribution in [0.3, 0.4) is 0 Å². The van der Waals surface area contributed by atoms with Crippen LogP contribution in [0, 0.1) is 0 Å². The van der Waals surface area contributed by atoms with Gasteiger partial charge in [-0.15, -0.1) is 11.8 Å². The second kappa shape index (κ2) is 14.8. The summed E-state index contributed by atoms with van der Waals surface area (Å²) in [5.41, 5.74) is 2.10. The molecule has 0 aromatic heterocycles. The minimum atomic E-state index is -0.526. The van der Waals surface area contributed by atoms with Crippen molar-refractivity contribution in [3.63, 3.8) is 0 Å². The molecule has 0 fully saturated rings. The van der Waals surface area contributed by atoms with Crippen molar-refractivity contribution in [1.82, 2.24) is 5.32 Å². The Morgan fingerprint density at radius 3 is 2.24 bits per heavy atom. The van der Waals surface area contributed by atoms with Crippen LogP contribution in [-0.2, 0) is 9.59 Å². The lowest BCUT2D eigenvalue weighted by Crippen LogP contribution is -2.30. The summed E-state index contributed by atoms with van der Waals surface area (Å²) in [4.78, 5) is 39.6. The van der Waals surface area contributed by atoms with Crippen molar-refractivity contribution in [2.75, 3.05) is 30.6 Å². The number of amides is 3. The summed E-state index contributed by atoms with van der Waals surface area (Å²) in [5.74, 6) is 0.0181. The average molecular weight is 602 g/mol. The molecule has 0 aliphatic heterocycles. The average Bonchev–Trinajstić information content (AvgIpc) is 3.00. The highest BCUT2D eigenvalue weighted by Gasteiger charge is 2.16. The van der Waals surface area contributed by atoms with Gasteiger partial charge in [0.2, 0.25) is 5.91 Å². The van der Waals surface area contributed by atoms with Crippen molar-refractivity contribution in [2.45, 2.75) is 4.90 Å². The number of carbonyl (C=O) groups excluding carboxylic acids is 3. The van der Waals surface area contributed by atoms with Crippen LogP contribution in [0.15, 0.2) is 108 Å². The summed E-state index contributed by atoms with van der Waals surface area (Å²) in [5, 5.41) is 8.76. The highest BCUT2D eigenvalue weighted by Crippen LogP contribution is 2.28. The van der Waals surface area contributed by atoms with Gasteiger partial charge in [-0.05, 0) is 60.7 Å². The maximum atomic E-state index is 13.4. The second-order valence-corrected chi connectivity index (χ2v) is 10.2. The number of hydrogen-bond acceptors (Lipinski definition) is 6. The molecule has 0 aliphatic rings. The highest BCUT2D eigenvalue weighted by atomic mass is 35.5. The summed E-state index contributed by atoms with van der Waals surface area (Å²) in [6.07, 6.45) is 1.56. The molecule has 0 spiro atoms. The predicted molar refractivity (Wildman–Crippen MR) is 167 cm³/mol. The number of thioether (sulfide) groups is 1. The van der Waals surface area contributed by atoms with Gasteiger partial charge in [-0.2, -0.15) is 0 Å². The zero-order chi connectivity index (χ0) is 29.9. The molecule has 0 heterocycles. The van der Waals surface area contributed by atoms with Crippen molar-refractivity contribution < 1.29 is 23.9 Å². The second-order valence-electron chi connectivity index (χ2n) is 8.79. The van der Waals surface area contributed by atoms with Gasteiger partial charge >= 0.3 is 0 Å². The predicted octanol–water partition coefficient (Wildman–Crippen LogP) is 6.50. The molecule has 0 saturated heterocycles. The first kappa shape index (κ1) is 30.2. The van der Waals surface area contributed by atoms with E-state index in [0.29, 0.717) is 39.0 Å². The molecule has 0 saturated carbocycles. The number of rotatable bonds is 11. The van der Waals surface area contributed by atoms with E-state index in [1.807, 2.05) is 18.2 Å².